The zero-order valence-electron chi connectivity index (χ0n) is 17.3. The van der Waals surface area contributed by atoms with Crippen molar-refractivity contribution in [3.05, 3.63) is 78.9 Å². The molecule has 0 spiro atoms. The van der Waals surface area contributed by atoms with Gasteiger partial charge in [-0.1, -0.05) is 30.3 Å². The monoisotopic (exact) mass is 442 g/mol. The fourth-order valence-corrected chi connectivity index (χ4v) is 4.08. The van der Waals surface area contributed by atoms with Crippen LogP contribution in [0.25, 0.3) is 0 Å². The molecule has 1 N–H and O–H groups in total. The number of rotatable bonds is 11. The Kier molecular flexibility index (Phi) is 7.80. The molecule has 8 nitrogen and oxygen atoms in total. The molecule has 0 unspecified atom stereocenters. The summed E-state index contributed by atoms with van der Waals surface area (Å²) in [5.41, 5.74) is 0.907. The van der Waals surface area contributed by atoms with Crippen molar-refractivity contribution in [3.63, 3.8) is 0 Å². The molecule has 0 atom stereocenters. The van der Waals surface area contributed by atoms with Crippen LogP contribution in [0.4, 0.5) is 0 Å². The van der Waals surface area contributed by atoms with Gasteiger partial charge in [0.05, 0.1) is 11.2 Å². The molecule has 3 aromatic rings. The van der Waals surface area contributed by atoms with E-state index in [4.69, 9.17) is 4.74 Å². The summed E-state index contributed by atoms with van der Waals surface area (Å²) in [5, 5.41) is 2.79. The first kappa shape index (κ1) is 22.5. The maximum Gasteiger partial charge on any atom is 0.257 e. The summed E-state index contributed by atoms with van der Waals surface area (Å²) in [6, 6.07) is 15.5. The van der Waals surface area contributed by atoms with Crippen LogP contribution in [0.2, 0.25) is 0 Å². The maximum absolute atomic E-state index is 12.8. The van der Waals surface area contributed by atoms with Crippen molar-refractivity contribution in [1.29, 1.82) is 0 Å². The molecule has 164 valence electrons. The van der Waals surface area contributed by atoms with E-state index in [1.807, 2.05) is 41.1 Å². The van der Waals surface area contributed by atoms with Gasteiger partial charge in [0.15, 0.2) is 6.61 Å². The fourth-order valence-electron chi connectivity index (χ4n) is 2.92. The van der Waals surface area contributed by atoms with Gasteiger partial charge in [0.2, 0.25) is 10.0 Å². The largest absolute Gasteiger partial charge is 0.484 e. The first-order valence-corrected chi connectivity index (χ1v) is 11.3. The van der Waals surface area contributed by atoms with Crippen LogP contribution in [0.1, 0.15) is 12.0 Å². The van der Waals surface area contributed by atoms with Crippen molar-refractivity contribution < 1.29 is 17.9 Å². The molecule has 3 rings (SSSR count). The lowest BCUT2D eigenvalue weighted by Gasteiger charge is -2.17. The Morgan fingerprint density at radius 1 is 1.13 bits per heavy atom. The second kappa shape index (κ2) is 10.7. The third-order valence-electron chi connectivity index (χ3n) is 4.62. The van der Waals surface area contributed by atoms with Gasteiger partial charge in [-0.25, -0.2) is 13.4 Å². The quantitative estimate of drug-likeness (QED) is 0.460. The molecule has 0 bridgehead atoms. The number of carbonyl (C=O) groups is 1. The zero-order chi connectivity index (χ0) is 22.1. The van der Waals surface area contributed by atoms with Crippen LogP contribution in [0, 0.1) is 0 Å². The number of nitrogens with zero attached hydrogens (tertiary/aromatic N) is 3. The molecule has 2 aromatic carbocycles. The lowest BCUT2D eigenvalue weighted by molar-refractivity contribution is -0.123. The summed E-state index contributed by atoms with van der Waals surface area (Å²) in [6.45, 7) is 1.45. The van der Waals surface area contributed by atoms with E-state index < -0.39 is 10.0 Å². The van der Waals surface area contributed by atoms with E-state index >= 15 is 0 Å². The van der Waals surface area contributed by atoms with Crippen LogP contribution in [0.5, 0.6) is 5.75 Å². The minimum Gasteiger partial charge on any atom is -0.484 e. The molecule has 0 aliphatic heterocycles. The molecule has 0 aliphatic rings. The van der Waals surface area contributed by atoms with Crippen molar-refractivity contribution in [1.82, 2.24) is 19.2 Å². The number of amides is 1. The number of hydrogen-bond acceptors (Lipinski definition) is 5. The Labute approximate surface area is 182 Å². The lowest BCUT2D eigenvalue weighted by Crippen LogP contribution is -2.30. The number of carbonyl (C=O) groups excluding carboxylic acids is 1. The first-order chi connectivity index (χ1) is 14.9. The molecule has 1 aromatic heterocycles. The normalized spacial score (nSPS) is 11.4. The Balaban J connectivity index is 1.45. The van der Waals surface area contributed by atoms with E-state index in [0.29, 0.717) is 12.3 Å². The van der Waals surface area contributed by atoms with Crippen LogP contribution in [0.15, 0.2) is 78.2 Å². The van der Waals surface area contributed by atoms with Crippen molar-refractivity contribution in [2.24, 2.45) is 0 Å². The molecule has 1 amide bonds. The highest BCUT2D eigenvalue weighted by atomic mass is 32.2. The Morgan fingerprint density at radius 2 is 1.87 bits per heavy atom. The van der Waals surface area contributed by atoms with Crippen molar-refractivity contribution in [3.8, 4) is 5.75 Å². The van der Waals surface area contributed by atoms with E-state index in [0.717, 1.165) is 18.5 Å². The third-order valence-corrected chi connectivity index (χ3v) is 6.44. The van der Waals surface area contributed by atoms with Crippen LogP contribution in [-0.4, -0.2) is 48.4 Å². The molecule has 0 aliphatic carbocycles. The summed E-state index contributed by atoms with van der Waals surface area (Å²) in [6.07, 6.45) is 6.10. The maximum atomic E-state index is 12.8. The zero-order valence-corrected chi connectivity index (χ0v) is 18.2. The summed E-state index contributed by atoms with van der Waals surface area (Å²) >= 11 is 0. The Bertz CT molecular complexity index is 1050. The van der Waals surface area contributed by atoms with Gasteiger partial charge in [-0.05, 0) is 36.2 Å². The number of imidazole rings is 1. The molecular formula is C22H26N4O4S. The Morgan fingerprint density at radius 3 is 2.55 bits per heavy atom. The highest BCUT2D eigenvalue weighted by Crippen LogP contribution is 2.20. The second-order valence-corrected chi connectivity index (χ2v) is 9.06. The van der Waals surface area contributed by atoms with Crippen molar-refractivity contribution in [2.45, 2.75) is 24.4 Å². The van der Waals surface area contributed by atoms with Gasteiger partial charge < -0.3 is 14.6 Å². The van der Waals surface area contributed by atoms with Gasteiger partial charge >= 0.3 is 0 Å². The van der Waals surface area contributed by atoms with E-state index in [1.54, 1.807) is 31.7 Å². The number of aryl methyl sites for hydroxylation is 1. The van der Waals surface area contributed by atoms with Gasteiger partial charge in [0.1, 0.15) is 5.75 Å². The van der Waals surface area contributed by atoms with Gasteiger partial charge in [0.25, 0.3) is 5.91 Å². The topological polar surface area (TPSA) is 93.5 Å². The molecule has 0 radical (unpaired) electrons. The number of benzene rings is 2. The van der Waals surface area contributed by atoms with Gasteiger partial charge in [0, 0.05) is 39.1 Å². The van der Waals surface area contributed by atoms with E-state index in [1.165, 1.54) is 16.4 Å². The van der Waals surface area contributed by atoms with Gasteiger partial charge in [-0.15, -0.1) is 0 Å². The van der Waals surface area contributed by atoms with Crippen LogP contribution in [0.3, 0.4) is 0 Å². The van der Waals surface area contributed by atoms with Crippen LogP contribution >= 0.6 is 0 Å². The van der Waals surface area contributed by atoms with Crippen molar-refractivity contribution in [2.75, 3.05) is 20.2 Å². The summed E-state index contributed by atoms with van der Waals surface area (Å²) < 4.78 is 34.2. The fraction of sp³-hybridized carbons (Fsp3) is 0.273. The number of sulfonamides is 1. The SMILES string of the molecule is CN(Cc1ccccc1)S(=O)(=O)c1ccc(OCC(=O)NCCCn2ccnc2)cc1. The molecule has 31 heavy (non-hydrogen) atoms. The highest BCUT2D eigenvalue weighted by Gasteiger charge is 2.20. The summed E-state index contributed by atoms with van der Waals surface area (Å²) in [7, 11) is -2.08. The number of hydrogen-bond donors (Lipinski definition) is 1. The number of ether oxygens (including phenoxy) is 1. The molecule has 0 fully saturated rings. The summed E-state index contributed by atoms with van der Waals surface area (Å²) in [4.78, 5) is 16.0. The van der Waals surface area contributed by atoms with Crippen LogP contribution in [-0.2, 0) is 27.9 Å². The minimum atomic E-state index is -3.63. The minimum absolute atomic E-state index is 0.134. The van der Waals surface area contributed by atoms with Gasteiger partial charge in [-0.3, -0.25) is 4.79 Å². The molecule has 0 saturated carbocycles. The van der Waals surface area contributed by atoms with E-state index in [9.17, 15) is 13.2 Å². The molecule has 0 saturated heterocycles. The smallest absolute Gasteiger partial charge is 0.257 e. The number of aromatic nitrogens is 2. The molecular weight excluding hydrogens is 416 g/mol. The average Bonchev–Trinajstić information content (AvgIpc) is 3.30. The lowest BCUT2D eigenvalue weighted by atomic mass is 10.2. The second-order valence-electron chi connectivity index (χ2n) is 7.01. The van der Waals surface area contributed by atoms with E-state index in [2.05, 4.69) is 10.3 Å². The van der Waals surface area contributed by atoms with Gasteiger partial charge in [-0.2, -0.15) is 4.31 Å². The highest BCUT2D eigenvalue weighted by molar-refractivity contribution is 7.89. The average molecular weight is 443 g/mol. The number of nitrogens with one attached hydrogen (secondary N) is 1. The first-order valence-electron chi connectivity index (χ1n) is 9.91. The summed E-state index contributed by atoms with van der Waals surface area (Å²) in [5.74, 6) is 0.197. The standard InChI is InChI=1S/C22H26N4O4S/c1-25(16-19-6-3-2-4-7-19)31(28,29)21-10-8-20(9-11-21)30-17-22(27)24-12-5-14-26-15-13-23-18-26/h2-4,6-11,13,15,18H,5,12,14,16-17H2,1H3,(H,24,27). The molecule has 1 heterocycles. The molecule has 9 heteroatoms. The van der Waals surface area contributed by atoms with Crippen molar-refractivity contribution >= 4 is 15.9 Å². The predicted octanol–water partition coefficient (Wildman–Crippen LogP) is 2.29. The van der Waals surface area contributed by atoms with Crippen LogP contribution < -0.4 is 10.1 Å². The van der Waals surface area contributed by atoms with E-state index in [-0.39, 0.29) is 24.0 Å². The Hall–Kier alpha value is -3.17. The predicted molar refractivity (Wildman–Crippen MR) is 117 cm³/mol. The third kappa shape index (κ3) is 6.66.